The van der Waals surface area contributed by atoms with Crippen LogP contribution in [0.3, 0.4) is 0 Å². The lowest BCUT2D eigenvalue weighted by atomic mass is 9.96. The highest BCUT2D eigenvalue weighted by atomic mass is 35.5. The Morgan fingerprint density at radius 3 is 2.21 bits per heavy atom. The molecule has 0 fully saturated rings. The zero-order chi connectivity index (χ0) is 17.1. The van der Waals surface area contributed by atoms with E-state index in [1.54, 1.807) is 27.5 Å². The fourth-order valence-corrected chi connectivity index (χ4v) is 4.83. The van der Waals surface area contributed by atoms with Gasteiger partial charge in [0.2, 0.25) is 0 Å². The molecule has 3 N–H and O–H groups in total. The van der Waals surface area contributed by atoms with Crippen molar-refractivity contribution in [3.05, 3.63) is 48.7 Å². The third-order valence-electron chi connectivity index (χ3n) is 4.10. The van der Waals surface area contributed by atoms with Gasteiger partial charge in [-0.1, -0.05) is 36.9 Å². The van der Waals surface area contributed by atoms with Crippen LogP contribution in [0, 0.1) is 5.92 Å². The zero-order valence-corrected chi connectivity index (χ0v) is 16.7. The van der Waals surface area contributed by atoms with E-state index >= 15 is 0 Å². The summed E-state index contributed by atoms with van der Waals surface area (Å²) in [4.78, 5) is 0. The van der Waals surface area contributed by atoms with Gasteiger partial charge in [0, 0.05) is 33.4 Å². The first-order chi connectivity index (χ1) is 11.1. The Morgan fingerprint density at radius 1 is 1.17 bits per heavy atom. The van der Waals surface area contributed by atoms with Gasteiger partial charge in [0.05, 0.1) is 0 Å². The number of benzene rings is 1. The summed E-state index contributed by atoms with van der Waals surface area (Å²) >= 11 is 0. The second-order valence-electron chi connectivity index (χ2n) is 5.59. The van der Waals surface area contributed by atoms with E-state index in [1.807, 2.05) is 6.07 Å². The maximum Gasteiger partial charge on any atom is 0.500 e. The van der Waals surface area contributed by atoms with Gasteiger partial charge in [-0.05, 0) is 37.1 Å². The lowest BCUT2D eigenvalue weighted by Crippen LogP contribution is -2.46. The molecule has 0 aliphatic carbocycles. The minimum Gasteiger partial charge on any atom is -0.388 e. The van der Waals surface area contributed by atoms with E-state index in [2.05, 4.69) is 36.2 Å². The average Bonchev–Trinajstić information content (AvgIpc) is 2.60. The maximum atomic E-state index is 5.98. The molecule has 0 radical (unpaired) electrons. The Kier molecular flexibility index (Phi) is 12.0. The smallest absolute Gasteiger partial charge is 0.388 e. The Morgan fingerprint density at radius 2 is 1.75 bits per heavy atom. The molecule has 0 bridgehead atoms. The van der Waals surface area contributed by atoms with Crippen LogP contribution < -0.4 is 11.1 Å². The summed E-state index contributed by atoms with van der Waals surface area (Å²) in [7, 11) is 2.29. The summed E-state index contributed by atoms with van der Waals surface area (Å²) in [5, 5.41) is 3.34. The Hall–Kier alpha value is -0.893. The summed E-state index contributed by atoms with van der Waals surface area (Å²) in [6.45, 7) is 4.35. The van der Waals surface area contributed by atoms with Crippen molar-refractivity contribution in [1.29, 1.82) is 0 Å². The average molecular weight is 375 g/mol. The van der Waals surface area contributed by atoms with E-state index in [0.29, 0.717) is 12.6 Å². The molecule has 138 valence electrons. The van der Waals surface area contributed by atoms with Gasteiger partial charge >= 0.3 is 8.80 Å². The van der Waals surface area contributed by atoms with Crippen molar-refractivity contribution in [3.8, 4) is 0 Å². The highest BCUT2D eigenvalue weighted by Gasteiger charge is 2.40. The monoisotopic (exact) mass is 374 g/mol. The molecular formula is C17H31ClN2O3Si. The molecule has 5 nitrogen and oxygen atoms in total. The molecule has 1 aromatic rings. The van der Waals surface area contributed by atoms with Gasteiger partial charge in [0.15, 0.2) is 0 Å². The molecule has 2 atom stereocenters. The minimum atomic E-state index is -2.62. The molecule has 0 saturated carbocycles. The molecule has 1 rings (SSSR count). The summed E-state index contributed by atoms with van der Waals surface area (Å²) < 4.78 is 16.6. The first kappa shape index (κ1) is 23.1. The number of halogens is 1. The molecule has 24 heavy (non-hydrogen) atoms. The molecule has 0 aliphatic rings. The standard InChI is InChI=1S/C17H30N2O3Si.ClH/c1-5-19-17(11-15-9-7-6-8-10-15)12-16(13-18)14-23(20-2,21-3)22-4;/h5-10,16-17,19H,1,11-14,18H2,2-4H3;1H. The molecule has 0 saturated heterocycles. The third-order valence-corrected chi connectivity index (χ3v) is 7.04. The Balaban J connectivity index is 0.00000529. The van der Waals surface area contributed by atoms with Crippen molar-refractivity contribution in [2.45, 2.75) is 24.9 Å². The molecule has 2 unspecified atom stereocenters. The highest BCUT2D eigenvalue weighted by molar-refractivity contribution is 6.60. The van der Waals surface area contributed by atoms with Crippen molar-refractivity contribution in [3.63, 3.8) is 0 Å². The van der Waals surface area contributed by atoms with Gasteiger partial charge in [0.25, 0.3) is 0 Å². The minimum absolute atomic E-state index is 0. The van der Waals surface area contributed by atoms with Crippen LogP contribution in [-0.2, 0) is 19.7 Å². The Labute approximate surface area is 153 Å². The first-order valence-electron chi connectivity index (χ1n) is 7.89. The number of rotatable bonds is 12. The summed E-state index contributed by atoms with van der Waals surface area (Å²) in [6, 6.07) is 11.4. The van der Waals surface area contributed by atoms with Crippen molar-refractivity contribution in [1.82, 2.24) is 5.32 Å². The van der Waals surface area contributed by atoms with E-state index in [1.165, 1.54) is 5.56 Å². The normalized spacial score (nSPS) is 13.7. The maximum absolute atomic E-state index is 5.98. The molecular weight excluding hydrogens is 344 g/mol. The van der Waals surface area contributed by atoms with Crippen LogP contribution in [0.1, 0.15) is 12.0 Å². The SMILES string of the molecule is C=CNC(Cc1ccccc1)CC(CN)C[Si](OC)(OC)OC.Cl. The van der Waals surface area contributed by atoms with Crippen LogP contribution in [0.2, 0.25) is 6.04 Å². The van der Waals surface area contributed by atoms with E-state index < -0.39 is 8.80 Å². The van der Waals surface area contributed by atoms with E-state index in [0.717, 1.165) is 12.8 Å². The lowest BCUT2D eigenvalue weighted by Gasteiger charge is -2.30. The summed E-state index contributed by atoms with van der Waals surface area (Å²) in [5.74, 6) is 0.252. The number of nitrogens with one attached hydrogen (secondary N) is 1. The van der Waals surface area contributed by atoms with Gasteiger partial charge in [-0.25, -0.2) is 0 Å². The predicted molar refractivity (Wildman–Crippen MR) is 103 cm³/mol. The van der Waals surface area contributed by atoms with Gasteiger partial charge in [-0.2, -0.15) is 0 Å². The van der Waals surface area contributed by atoms with Crippen LogP contribution in [-0.4, -0.2) is 42.7 Å². The van der Waals surface area contributed by atoms with Crippen LogP contribution >= 0.6 is 12.4 Å². The molecule has 7 heteroatoms. The highest BCUT2D eigenvalue weighted by Crippen LogP contribution is 2.23. The van der Waals surface area contributed by atoms with E-state index in [-0.39, 0.29) is 24.4 Å². The molecule has 0 heterocycles. The van der Waals surface area contributed by atoms with E-state index in [9.17, 15) is 0 Å². The fraction of sp³-hybridized carbons (Fsp3) is 0.529. The number of nitrogens with two attached hydrogens (primary N) is 1. The largest absolute Gasteiger partial charge is 0.500 e. The zero-order valence-electron chi connectivity index (χ0n) is 14.9. The quantitative estimate of drug-likeness (QED) is 0.550. The summed E-state index contributed by atoms with van der Waals surface area (Å²) in [6.07, 6.45) is 3.57. The fourth-order valence-electron chi connectivity index (χ4n) is 2.79. The second-order valence-corrected chi connectivity index (χ2v) is 8.59. The molecule has 0 amide bonds. The van der Waals surface area contributed by atoms with Crippen LogP contribution in [0.4, 0.5) is 0 Å². The van der Waals surface area contributed by atoms with Gasteiger partial charge in [-0.15, -0.1) is 12.4 Å². The topological polar surface area (TPSA) is 65.7 Å². The number of hydrogen-bond acceptors (Lipinski definition) is 5. The van der Waals surface area contributed by atoms with Crippen molar-refractivity contribution in [2.75, 3.05) is 27.9 Å². The first-order valence-corrected chi connectivity index (χ1v) is 9.82. The molecule has 0 spiro atoms. The molecule has 1 aromatic carbocycles. The lowest BCUT2D eigenvalue weighted by molar-refractivity contribution is 0.117. The second kappa shape index (κ2) is 12.5. The third kappa shape index (κ3) is 7.34. The van der Waals surface area contributed by atoms with Crippen molar-refractivity contribution >= 4 is 21.2 Å². The van der Waals surface area contributed by atoms with Crippen LogP contribution in [0.25, 0.3) is 0 Å². The van der Waals surface area contributed by atoms with E-state index in [4.69, 9.17) is 19.0 Å². The van der Waals surface area contributed by atoms with Crippen LogP contribution in [0.15, 0.2) is 43.1 Å². The van der Waals surface area contributed by atoms with Gasteiger partial charge in [-0.3, -0.25) is 0 Å². The predicted octanol–water partition coefficient (Wildman–Crippen LogP) is 2.60. The Bertz CT molecular complexity index is 438. The summed E-state index contributed by atoms with van der Waals surface area (Å²) in [5.41, 5.74) is 7.27. The van der Waals surface area contributed by atoms with Crippen molar-refractivity contribution in [2.24, 2.45) is 11.7 Å². The van der Waals surface area contributed by atoms with Crippen LogP contribution in [0.5, 0.6) is 0 Å². The van der Waals surface area contributed by atoms with Gasteiger partial charge < -0.3 is 24.3 Å². The molecule has 0 aromatic heterocycles. The number of hydrogen-bond donors (Lipinski definition) is 2. The molecule has 0 aliphatic heterocycles. The van der Waals surface area contributed by atoms with Crippen molar-refractivity contribution < 1.29 is 13.3 Å². The van der Waals surface area contributed by atoms with Gasteiger partial charge in [0.1, 0.15) is 0 Å².